The van der Waals surface area contributed by atoms with Gasteiger partial charge in [-0.25, -0.2) is 0 Å². The van der Waals surface area contributed by atoms with Gasteiger partial charge in [-0.1, -0.05) is 48.6 Å². The highest BCUT2D eigenvalue weighted by Gasteiger charge is 2.23. The lowest BCUT2D eigenvalue weighted by Gasteiger charge is -2.34. The minimum atomic E-state index is 0.0285. The van der Waals surface area contributed by atoms with Crippen LogP contribution in [-0.2, 0) is 6.42 Å². The third-order valence-electron chi connectivity index (χ3n) is 5.30. The van der Waals surface area contributed by atoms with Gasteiger partial charge in [0.15, 0.2) is 11.5 Å². The summed E-state index contributed by atoms with van der Waals surface area (Å²) in [4.78, 5) is 17.4. The number of methoxy groups -OCH3 is 2. The highest BCUT2D eigenvalue weighted by atomic mass is 16.5. The van der Waals surface area contributed by atoms with Gasteiger partial charge in [-0.15, -0.1) is 6.58 Å². The number of piperazine rings is 1. The summed E-state index contributed by atoms with van der Waals surface area (Å²) in [6.45, 7) is 7.83. The molecule has 0 unspecified atom stereocenters. The zero-order valence-corrected chi connectivity index (χ0v) is 17.8. The number of hydrogen-bond donors (Lipinski definition) is 0. The van der Waals surface area contributed by atoms with Crippen LogP contribution in [-0.4, -0.2) is 62.7 Å². The van der Waals surface area contributed by atoms with Crippen LogP contribution < -0.4 is 9.47 Å². The summed E-state index contributed by atoms with van der Waals surface area (Å²) in [6, 6.07) is 13.9. The van der Waals surface area contributed by atoms with Crippen LogP contribution in [0.5, 0.6) is 11.5 Å². The van der Waals surface area contributed by atoms with E-state index in [9.17, 15) is 4.79 Å². The van der Waals surface area contributed by atoms with E-state index in [1.54, 1.807) is 26.4 Å². The number of allylic oxidation sites excluding steroid dienone is 1. The van der Waals surface area contributed by atoms with Gasteiger partial charge in [0.2, 0.25) is 0 Å². The molecule has 0 aromatic heterocycles. The van der Waals surface area contributed by atoms with Gasteiger partial charge in [-0.2, -0.15) is 0 Å². The molecule has 30 heavy (non-hydrogen) atoms. The average molecular weight is 407 g/mol. The van der Waals surface area contributed by atoms with Gasteiger partial charge in [-0.3, -0.25) is 9.69 Å². The van der Waals surface area contributed by atoms with Crippen LogP contribution in [0.4, 0.5) is 0 Å². The standard InChI is InChI=1S/C25H30N2O3/c1-4-9-21-18-22(19-23(29-2)24(21)30-3)25(28)27-16-14-26(15-17-27)13-8-12-20-10-6-5-7-11-20/h4-8,10-12,18-19H,1,9,13-17H2,2-3H3/b12-8+. The maximum Gasteiger partial charge on any atom is 0.254 e. The van der Waals surface area contributed by atoms with Crippen LogP contribution in [0.15, 0.2) is 61.2 Å². The Morgan fingerprint density at radius 1 is 1.07 bits per heavy atom. The maximum absolute atomic E-state index is 13.1. The first-order valence-electron chi connectivity index (χ1n) is 10.2. The highest BCUT2D eigenvalue weighted by Crippen LogP contribution is 2.33. The van der Waals surface area contributed by atoms with E-state index in [0.29, 0.717) is 36.6 Å². The lowest BCUT2D eigenvalue weighted by Crippen LogP contribution is -2.48. The van der Waals surface area contributed by atoms with Crippen molar-refractivity contribution in [1.82, 2.24) is 9.80 Å². The summed E-state index contributed by atoms with van der Waals surface area (Å²) in [5.74, 6) is 1.26. The van der Waals surface area contributed by atoms with E-state index < -0.39 is 0 Å². The molecule has 5 nitrogen and oxygen atoms in total. The fourth-order valence-electron chi connectivity index (χ4n) is 3.69. The summed E-state index contributed by atoms with van der Waals surface area (Å²) < 4.78 is 10.9. The molecule has 3 rings (SSSR count). The number of rotatable bonds is 8. The van der Waals surface area contributed by atoms with E-state index >= 15 is 0 Å². The quantitative estimate of drug-likeness (QED) is 0.624. The zero-order chi connectivity index (χ0) is 21.3. The monoisotopic (exact) mass is 406 g/mol. The molecule has 1 heterocycles. The van der Waals surface area contributed by atoms with Crippen LogP contribution in [0, 0.1) is 0 Å². The third kappa shape index (κ3) is 5.30. The Kier molecular flexibility index (Phi) is 7.69. The summed E-state index contributed by atoms with van der Waals surface area (Å²) in [5, 5.41) is 0. The Labute approximate surface area is 179 Å². The molecular formula is C25H30N2O3. The number of nitrogens with zero attached hydrogens (tertiary/aromatic N) is 2. The molecule has 1 aliphatic rings. The number of benzene rings is 2. The second kappa shape index (κ2) is 10.6. The van der Waals surface area contributed by atoms with Crippen molar-refractivity contribution < 1.29 is 14.3 Å². The summed E-state index contributed by atoms with van der Waals surface area (Å²) in [5.41, 5.74) is 2.73. The predicted octanol–water partition coefficient (Wildman–Crippen LogP) is 3.90. The van der Waals surface area contributed by atoms with Crippen molar-refractivity contribution in [2.75, 3.05) is 46.9 Å². The SMILES string of the molecule is C=CCc1cc(C(=O)N2CCN(C/C=C/c3ccccc3)CC2)cc(OC)c1OC. The summed E-state index contributed by atoms with van der Waals surface area (Å²) >= 11 is 0. The molecular weight excluding hydrogens is 376 g/mol. The van der Waals surface area contributed by atoms with Crippen molar-refractivity contribution >= 4 is 12.0 Å². The minimum Gasteiger partial charge on any atom is -0.493 e. The minimum absolute atomic E-state index is 0.0285. The smallest absolute Gasteiger partial charge is 0.254 e. The second-order valence-corrected chi connectivity index (χ2v) is 7.27. The number of amides is 1. The number of carbonyl (C=O) groups is 1. The molecule has 1 saturated heterocycles. The Hall–Kier alpha value is -3.05. The van der Waals surface area contributed by atoms with Gasteiger partial charge in [0, 0.05) is 43.9 Å². The Morgan fingerprint density at radius 3 is 2.43 bits per heavy atom. The largest absolute Gasteiger partial charge is 0.493 e. The van der Waals surface area contributed by atoms with E-state index in [1.165, 1.54) is 5.56 Å². The zero-order valence-electron chi connectivity index (χ0n) is 17.8. The molecule has 0 radical (unpaired) electrons. The molecule has 0 bridgehead atoms. The van der Waals surface area contributed by atoms with Gasteiger partial charge < -0.3 is 14.4 Å². The molecule has 1 amide bonds. The molecule has 158 valence electrons. The van der Waals surface area contributed by atoms with Crippen molar-refractivity contribution in [2.45, 2.75) is 6.42 Å². The van der Waals surface area contributed by atoms with E-state index in [-0.39, 0.29) is 5.91 Å². The Balaban J connectivity index is 1.61. The molecule has 0 atom stereocenters. The van der Waals surface area contributed by atoms with Gasteiger partial charge in [0.25, 0.3) is 5.91 Å². The highest BCUT2D eigenvalue weighted by molar-refractivity contribution is 5.95. The van der Waals surface area contributed by atoms with Crippen molar-refractivity contribution in [1.29, 1.82) is 0 Å². The molecule has 5 heteroatoms. The molecule has 2 aromatic rings. The summed E-state index contributed by atoms with van der Waals surface area (Å²) in [7, 11) is 3.20. The Morgan fingerprint density at radius 2 is 1.80 bits per heavy atom. The van der Waals surface area contributed by atoms with Crippen molar-refractivity contribution in [2.24, 2.45) is 0 Å². The Bertz CT molecular complexity index is 885. The normalized spacial score (nSPS) is 14.7. The first kappa shape index (κ1) is 21.7. The molecule has 0 spiro atoms. The summed E-state index contributed by atoms with van der Waals surface area (Å²) in [6.07, 6.45) is 6.74. The lowest BCUT2D eigenvalue weighted by molar-refractivity contribution is 0.0650. The fourth-order valence-corrected chi connectivity index (χ4v) is 3.69. The molecule has 1 aliphatic heterocycles. The van der Waals surface area contributed by atoms with Crippen LogP contribution in [0.1, 0.15) is 21.5 Å². The molecule has 0 N–H and O–H groups in total. The predicted molar refractivity (Wildman–Crippen MR) is 121 cm³/mol. The van der Waals surface area contributed by atoms with Crippen molar-refractivity contribution in [3.05, 3.63) is 77.9 Å². The van der Waals surface area contributed by atoms with Crippen LogP contribution in [0.2, 0.25) is 0 Å². The number of carbonyl (C=O) groups excluding carboxylic acids is 1. The van der Waals surface area contributed by atoms with E-state index in [2.05, 4.69) is 35.8 Å². The molecule has 1 fully saturated rings. The fraction of sp³-hybridized carbons (Fsp3) is 0.320. The average Bonchev–Trinajstić information content (AvgIpc) is 2.79. The molecule has 2 aromatic carbocycles. The van der Waals surface area contributed by atoms with Gasteiger partial charge >= 0.3 is 0 Å². The number of ether oxygens (including phenoxy) is 2. The van der Waals surface area contributed by atoms with E-state index in [1.807, 2.05) is 29.2 Å². The van der Waals surface area contributed by atoms with Crippen LogP contribution in [0.25, 0.3) is 6.08 Å². The molecule has 0 saturated carbocycles. The lowest BCUT2D eigenvalue weighted by atomic mass is 10.0. The first-order chi connectivity index (χ1) is 14.7. The van der Waals surface area contributed by atoms with E-state index in [4.69, 9.17) is 9.47 Å². The second-order valence-electron chi connectivity index (χ2n) is 7.27. The van der Waals surface area contributed by atoms with E-state index in [0.717, 1.165) is 25.2 Å². The van der Waals surface area contributed by atoms with Crippen LogP contribution in [0.3, 0.4) is 0 Å². The maximum atomic E-state index is 13.1. The van der Waals surface area contributed by atoms with Gasteiger partial charge in [0.1, 0.15) is 0 Å². The van der Waals surface area contributed by atoms with Gasteiger partial charge in [-0.05, 0) is 24.1 Å². The van der Waals surface area contributed by atoms with Crippen molar-refractivity contribution in [3.8, 4) is 11.5 Å². The van der Waals surface area contributed by atoms with Gasteiger partial charge in [0.05, 0.1) is 14.2 Å². The number of hydrogen-bond acceptors (Lipinski definition) is 4. The third-order valence-corrected chi connectivity index (χ3v) is 5.30. The van der Waals surface area contributed by atoms with Crippen molar-refractivity contribution in [3.63, 3.8) is 0 Å². The molecule has 0 aliphatic carbocycles. The first-order valence-corrected chi connectivity index (χ1v) is 10.2. The van der Waals surface area contributed by atoms with Crippen LogP contribution >= 0.6 is 0 Å². The topological polar surface area (TPSA) is 42.0 Å².